The van der Waals surface area contributed by atoms with E-state index in [1.54, 1.807) is 0 Å². The van der Waals surface area contributed by atoms with E-state index in [9.17, 15) is 8.42 Å². The third kappa shape index (κ3) is 4.46. The Kier molecular flexibility index (Phi) is 5.97. The van der Waals surface area contributed by atoms with E-state index in [-0.39, 0.29) is 22.9 Å². The minimum absolute atomic E-state index is 0.0124. The molecule has 0 aromatic carbocycles. The van der Waals surface area contributed by atoms with Gasteiger partial charge in [-0.15, -0.1) is 0 Å². The maximum absolute atomic E-state index is 12.1. The van der Waals surface area contributed by atoms with Crippen molar-refractivity contribution in [3.8, 4) is 0 Å². The standard InChI is InChI=1S/C12H24N4O3S/c1-9(2)16-12(13)11(8-14-16)20(17,18)15-6-5-7-19-10(3)4/h8-10,15H,5-7,13H2,1-4H3. The number of anilines is 1. The number of aromatic nitrogens is 2. The van der Waals surface area contributed by atoms with Gasteiger partial charge in [-0.1, -0.05) is 0 Å². The number of nitrogens with zero attached hydrogens (tertiary/aromatic N) is 2. The minimum Gasteiger partial charge on any atom is -0.383 e. The highest BCUT2D eigenvalue weighted by atomic mass is 32.2. The van der Waals surface area contributed by atoms with Gasteiger partial charge in [0, 0.05) is 19.2 Å². The zero-order valence-electron chi connectivity index (χ0n) is 12.5. The molecule has 1 rings (SSSR count). The van der Waals surface area contributed by atoms with Crippen molar-refractivity contribution in [2.75, 3.05) is 18.9 Å². The molecule has 0 aliphatic carbocycles. The summed E-state index contributed by atoms with van der Waals surface area (Å²) in [7, 11) is -3.62. The van der Waals surface area contributed by atoms with Crippen LogP contribution in [0.3, 0.4) is 0 Å². The van der Waals surface area contributed by atoms with Crippen molar-refractivity contribution in [1.82, 2.24) is 14.5 Å². The van der Waals surface area contributed by atoms with Gasteiger partial charge in [0.15, 0.2) is 0 Å². The van der Waals surface area contributed by atoms with Crippen molar-refractivity contribution in [2.45, 2.75) is 51.2 Å². The number of ether oxygens (including phenoxy) is 1. The maximum Gasteiger partial charge on any atom is 0.245 e. The van der Waals surface area contributed by atoms with Gasteiger partial charge in [-0.3, -0.25) is 0 Å². The molecule has 1 aromatic heterocycles. The molecular weight excluding hydrogens is 280 g/mol. The predicted octanol–water partition coefficient (Wildman–Crippen LogP) is 1.14. The molecule has 3 N–H and O–H groups in total. The van der Waals surface area contributed by atoms with E-state index in [1.165, 1.54) is 10.9 Å². The Hall–Kier alpha value is -1.12. The third-order valence-corrected chi connectivity index (χ3v) is 4.12. The topological polar surface area (TPSA) is 99.2 Å². The Labute approximate surface area is 120 Å². The summed E-state index contributed by atoms with van der Waals surface area (Å²) in [4.78, 5) is 0.0241. The van der Waals surface area contributed by atoms with Gasteiger partial charge in [0.25, 0.3) is 0 Å². The lowest BCUT2D eigenvalue weighted by molar-refractivity contribution is 0.0778. The fourth-order valence-corrected chi connectivity index (χ4v) is 2.77. The van der Waals surface area contributed by atoms with E-state index in [4.69, 9.17) is 10.5 Å². The minimum atomic E-state index is -3.62. The molecule has 0 unspecified atom stereocenters. The lowest BCUT2D eigenvalue weighted by atomic mass is 10.4. The number of sulfonamides is 1. The van der Waals surface area contributed by atoms with Crippen LogP contribution in [0.25, 0.3) is 0 Å². The fourth-order valence-electron chi connectivity index (χ4n) is 1.65. The van der Waals surface area contributed by atoms with E-state index in [2.05, 4.69) is 9.82 Å². The normalized spacial score (nSPS) is 12.5. The Morgan fingerprint density at radius 1 is 1.40 bits per heavy atom. The second-order valence-corrected chi connectivity index (χ2v) is 6.84. The van der Waals surface area contributed by atoms with Gasteiger partial charge in [-0.2, -0.15) is 5.10 Å². The first-order chi connectivity index (χ1) is 9.25. The molecule has 0 fully saturated rings. The van der Waals surface area contributed by atoms with Crippen molar-refractivity contribution in [1.29, 1.82) is 0 Å². The lowest BCUT2D eigenvalue weighted by Gasteiger charge is -2.10. The van der Waals surface area contributed by atoms with Crippen molar-refractivity contribution in [3.63, 3.8) is 0 Å². The van der Waals surface area contributed by atoms with Crippen LogP contribution >= 0.6 is 0 Å². The number of rotatable bonds is 8. The number of nitrogens with one attached hydrogen (secondary N) is 1. The van der Waals surface area contributed by atoms with Crippen molar-refractivity contribution in [2.24, 2.45) is 0 Å². The first-order valence-electron chi connectivity index (χ1n) is 6.70. The molecule has 0 radical (unpaired) electrons. The molecule has 0 atom stereocenters. The van der Waals surface area contributed by atoms with Gasteiger partial charge >= 0.3 is 0 Å². The summed E-state index contributed by atoms with van der Waals surface area (Å²) < 4.78 is 33.5. The smallest absolute Gasteiger partial charge is 0.245 e. The van der Waals surface area contributed by atoms with E-state index in [1.807, 2.05) is 27.7 Å². The Balaban J connectivity index is 2.61. The zero-order chi connectivity index (χ0) is 15.3. The third-order valence-electron chi connectivity index (χ3n) is 2.64. The van der Waals surface area contributed by atoms with Gasteiger partial charge in [0.2, 0.25) is 10.0 Å². The van der Waals surface area contributed by atoms with Gasteiger partial charge in [0.05, 0.1) is 12.3 Å². The van der Waals surface area contributed by atoms with E-state index >= 15 is 0 Å². The first-order valence-corrected chi connectivity index (χ1v) is 8.18. The number of hydrogen-bond acceptors (Lipinski definition) is 5. The Morgan fingerprint density at radius 3 is 2.55 bits per heavy atom. The fraction of sp³-hybridized carbons (Fsp3) is 0.750. The number of hydrogen-bond donors (Lipinski definition) is 2. The summed E-state index contributed by atoms with van der Waals surface area (Å²) in [5.74, 6) is 0.158. The predicted molar refractivity (Wildman–Crippen MR) is 77.9 cm³/mol. The van der Waals surface area contributed by atoms with Crippen LogP contribution in [-0.4, -0.2) is 37.5 Å². The average Bonchev–Trinajstić information content (AvgIpc) is 2.70. The van der Waals surface area contributed by atoms with Crippen molar-refractivity contribution in [3.05, 3.63) is 6.20 Å². The summed E-state index contributed by atoms with van der Waals surface area (Å²) in [5, 5.41) is 4.00. The summed E-state index contributed by atoms with van der Waals surface area (Å²) in [5.41, 5.74) is 5.82. The number of nitrogen functional groups attached to an aromatic ring is 1. The molecule has 0 aliphatic rings. The summed E-state index contributed by atoms with van der Waals surface area (Å²) in [6, 6.07) is 0.0124. The Morgan fingerprint density at radius 2 is 2.05 bits per heavy atom. The molecule has 0 saturated carbocycles. The average molecular weight is 304 g/mol. The highest BCUT2D eigenvalue weighted by molar-refractivity contribution is 7.89. The summed E-state index contributed by atoms with van der Waals surface area (Å²) in [6.07, 6.45) is 2.03. The first kappa shape index (κ1) is 16.9. The monoisotopic (exact) mass is 304 g/mol. The second-order valence-electron chi connectivity index (χ2n) is 5.10. The molecule has 1 heterocycles. The summed E-state index contributed by atoms with van der Waals surface area (Å²) >= 11 is 0. The quantitative estimate of drug-likeness (QED) is 0.702. The van der Waals surface area contributed by atoms with Crippen LogP contribution in [0.2, 0.25) is 0 Å². The molecule has 0 bridgehead atoms. The van der Waals surface area contributed by atoms with E-state index in [0.29, 0.717) is 19.6 Å². The summed E-state index contributed by atoms with van der Waals surface area (Å²) in [6.45, 7) is 8.46. The molecule has 7 nitrogen and oxygen atoms in total. The van der Waals surface area contributed by atoms with E-state index < -0.39 is 10.0 Å². The van der Waals surface area contributed by atoms with Crippen LogP contribution in [0.15, 0.2) is 11.1 Å². The molecule has 0 spiro atoms. The van der Waals surface area contributed by atoms with Crippen molar-refractivity contribution < 1.29 is 13.2 Å². The van der Waals surface area contributed by atoms with Gasteiger partial charge in [-0.25, -0.2) is 17.8 Å². The van der Waals surface area contributed by atoms with Crippen LogP contribution in [0.5, 0.6) is 0 Å². The largest absolute Gasteiger partial charge is 0.383 e. The molecule has 1 aromatic rings. The molecule has 0 amide bonds. The van der Waals surface area contributed by atoms with Crippen LogP contribution < -0.4 is 10.5 Å². The van der Waals surface area contributed by atoms with Crippen molar-refractivity contribution >= 4 is 15.8 Å². The SMILES string of the molecule is CC(C)OCCCNS(=O)(=O)c1cnn(C(C)C)c1N. The van der Waals surface area contributed by atoms with Gasteiger partial charge in [-0.05, 0) is 34.1 Å². The molecule has 0 aliphatic heterocycles. The van der Waals surface area contributed by atoms with Crippen LogP contribution in [0.1, 0.15) is 40.2 Å². The van der Waals surface area contributed by atoms with Crippen LogP contribution in [-0.2, 0) is 14.8 Å². The molecule has 0 saturated heterocycles. The maximum atomic E-state index is 12.1. The highest BCUT2D eigenvalue weighted by Crippen LogP contribution is 2.20. The molecule has 116 valence electrons. The van der Waals surface area contributed by atoms with Crippen LogP contribution in [0, 0.1) is 0 Å². The van der Waals surface area contributed by atoms with Gasteiger partial charge < -0.3 is 10.5 Å². The van der Waals surface area contributed by atoms with Gasteiger partial charge in [0.1, 0.15) is 10.7 Å². The lowest BCUT2D eigenvalue weighted by Crippen LogP contribution is -2.26. The second kappa shape index (κ2) is 7.05. The highest BCUT2D eigenvalue weighted by Gasteiger charge is 2.21. The molecular formula is C12H24N4O3S. The molecule has 20 heavy (non-hydrogen) atoms. The molecule has 8 heteroatoms. The number of nitrogens with two attached hydrogens (primary N) is 1. The zero-order valence-corrected chi connectivity index (χ0v) is 13.3. The van der Waals surface area contributed by atoms with E-state index in [0.717, 1.165) is 0 Å². The van der Waals surface area contributed by atoms with Crippen LogP contribution in [0.4, 0.5) is 5.82 Å². The Bertz CT molecular complexity index is 523.